The van der Waals surface area contributed by atoms with Gasteiger partial charge < -0.3 is 10.6 Å². The molecule has 0 amide bonds. The van der Waals surface area contributed by atoms with Gasteiger partial charge in [-0.2, -0.15) is 0 Å². The van der Waals surface area contributed by atoms with Crippen LogP contribution in [-0.4, -0.2) is 22.6 Å². The van der Waals surface area contributed by atoms with Gasteiger partial charge in [-0.05, 0) is 24.7 Å². The Hall–Kier alpha value is -1.32. The van der Waals surface area contributed by atoms with Gasteiger partial charge in [-0.3, -0.25) is 0 Å². The van der Waals surface area contributed by atoms with E-state index in [-0.39, 0.29) is 0 Å². The molecule has 1 aromatic rings. The second-order valence-electron chi connectivity index (χ2n) is 5.73. The molecule has 106 valence electrons. The average Bonchev–Trinajstić information content (AvgIpc) is 2.42. The molecule has 1 aliphatic rings. The molecule has 0 saturated heterocycles. The molecular weight excluding hydrogens is 236 g/mol. The van der Waals surface area contributed by atoms with Crippen LogP contribution in [-0.2, 0) is 0 Å². The van der Waals surface area contributed by atoms with Gasteiger partial charge in [0.2, 0.25) is 0 Å². The van der Waals surface area contributed by atoms with E-state index in [9.17, 15) is 0 Å². The Bertz CT molecular complexity index is 393. The van der Waals surface area contributed by atoms with Crippen molar-refractivity contribution in [3.05, 3.63) is 12.4 Å². The van der Waals surface area contributed by atoms with Crippen molar-refractivity contribution in [2.24, 2.45) is 11.8 Å². The lowest BCUT2D eigenvalue weighted by molar-refractivity contribution is 0.253. The first kappa shape index (κ1) is 14.1. The highest BCUT2D eigenvalue weighted by Crippen LogP contribution is 2.31. The zero-order valence-corrected chi connectivity index (χ0v) is 12.3. The Labute approximate surface area is 116 Å². The Balaban J connectivity index is 1.98. The highest BCUT2D eigenvalue weighted by molar-refractivity contribution is 5.47. The van der Waals surface area contributed by atoms with Crippen LogP contribution >= 0.6 is 0 Å². The van der Waals surface area contributed by atoms with E-state index >= 15 is 0 Å². The molecule has 0 radical (unpaired) electrons. The number of aromatic nitrogens is 2. The van der Waals surface area contributed by atoms with Crippen LogP contribution in [0.3, 0.4) is 0 Å². The van der Waals surface area contributed by atoms with Gasteiger partial charge in [-0.1, -0.05) is 33.6 Å². The molecule has 1 fully saturated rings. The molecule has 1 aromatic heterocycles. The monoisotopic (exact) mass is 262 g/mol. The van der Waals surface area contributed by atoms with Crippen molar-refractivity contribution < 1.29 is 0 Å². The SMILES string of the molecule is CCCNc1cc(NC2CCCC(C)C2C)ncn1. The molecule has 2 N–H and O–H groups in total. The first-order chi connectivity index (χ1) is 9.20. The highest BCUT2D eigenvalue weighted by Gasteiger charge is 2.27. The quantitative estimate of drug-likeness (QED) is 0.852. The van der Waals surface area contributed by atoms with Gasteiger partial charge in [0.1, 0.15) is 18.0 Å². The lowest BCUT2D eigenvalue weighted by atomic mass is 9.78. The molecule has 1 aliphatic carbocycles. The Morgan fingerprint density at radius 1 is 1.21 bits per heavy atom. The number of hydrogen-bond donors (Lipinski definition) is 2. The van der Waals surface area contributed by atoms with Crippen LogP contribution < -0.4 is 10.6 Å². The third kappa shape index (κ3) is 3.82. The number of anilines is 2. The van der Waals surface area contributed by atoms with E-state index < -0.39 is 0 Å². The lowest BCUT2D eigenvalue weighted by Crippen LogP contribution is -2.35. The lowest BCUT2D eigenvalue weighted by Gasteiger charge is -2.34. The first-order valence-electron chi connectivity index (χ1n) is 7.53. The molecule has 1 saturated carbocycles. The van der Waals surface area contributed by atoms with E-state index in [2.05, 4.69) is 41.4 Å². The summed E-state index contributed by atoms with van der Waals surface area (Å²) >= 11 is 0. The molecule has 1 heterocycles. The summed E-state index contributed by atoms with van der Waals surface area (Å²) < 4.78 is 0. The summed E-state index contributed by atoms with van der Waals surface area (Å²) in [6.45, 7) is 7.80. The van der Waals surface area contributed by atoms with Crippen molar-refractivity contribution in [3.8, 4) is 0 Å². The molecule has 3 unspecified atom stereocenters. The van der Waals surface area contributed by atoms with Gasteiger partial charge in [-0.15, -0.1) is 0 Å². The standard InChI is InChI=1S/C15H26N4/c1-4-8-16-14-9-15(18-10-17-14)19-13-7-5-6-11(2)12(13)3/h9-13H,4-8H2,1-3H3,(H2,16,17,18,19). The minimum atomic E-state index is 0.540. The van der Waals surface area contributed by atoms with E-state index in [4.69, 9.17) is 0 Å². The number of rotatable bonds is 5. The molecule has 0 spiro atoms. The summed E-state index contributed by atoms with van der Waals surface area (Å²) in [7, 11) is 0. The summed E-state index contributed by atoms with van der Waals surface area (Å²) in [5.41, 5.74) is 0. The van der Waals surface area contributed by atoms with Gasteiger partial charge >= 0.3 is 0 Å². The molecule has 0 aliphatic heterocycles. The van der Waals surface area contributed by atoms with Gasteiger partial charge in [0.05, 0.1) is 0 Å². The van der Waals surface area contributed by atoms with Crippen molar-refractivity contribution in [3.63, 3.8) is 0 Å². The van der Waals surface area contributed by atoms with E-state index in [0.29, 0.717) is 12.0 Å². The van der Waals surface area contributed by atoms with Gasteiger partial charge in [0.25, 0.3) is 0 Å². The summed E-state index contributed by atoms with van der Waals surface area (Å²) in [6, 6.07) is 2.56. The van der Waals surface area contributed by atoms with Gasteiger partial charge in [0.15, 0.2) is 0 Å². The summed E-state index contributed by atoms with van der Waals surface area (Å²) in [4.78, 5) is 8.58. The third-order valence-corrected chi connectivity index (χ3v) is 4.26. The maximum atomic E-state index is 4.34. The summed E-state index contributed by atoms with van der Waals surface area (Å²) in [5.74, 6) is 3.36. The van der Waals surface area contributed by atoms with Crippen LogP contribution in [0, 0.1) is 11.8 Å². The highest BCUT2D eigenvalue weighted by atomic mass is 15.1. The molecule has 0 aromatic carbocycles. The fraction of sp³-hybridized carbons (Fsp3) is 0.733. The van der Waals surface area contributed by atoms with E-state index in [1.54, 1.807) is 6.33 Å². The number of nitrogens with one attached hydrogen (secondary N) is 2. The average molecular weight is 262 g/mol. The second kappa shape index (κ2) is 6.73. The zero-order chi connectivity index (χ0) is 13.7. The minimum absolute atomic E-state index is 0.540. The molecule has 0 bridgehead atoms. The molecule has 3 atom stereocenters. The van der Waals surface area contributed by atoms with Gasteiger partial charge in [0, 0.05) is 18.7 Å². The minimum Gasteiger partial charge on any atom is -0.370 e. The normalized spacial score (nSPS) is 27.0. The topological polar surface area (TPSA) is 49.8 Å². The van der Waals surface area contributed by atoms with Crippen molar-refractivity contribution in [2.45, 2.75) is 52.5 Å². The van der Waals surface area contributed by atoms with Crippen LogP contribution in [0.4, 0.5) is 11.6 Å². The van der Waals surface area contributed by atoms with E-state index in [1.165, 1.54) is 19.3 Å². The van der Waals surface area contributed by atoms with E-state index in [0.717, 1.165) is 30.5 Å². The molecule has 19 heavy (non-hydrogen) atoms. The third-order valence-electron chi connectivity index (χ3n) is 4.26. The Kier molecular flexibility index (Phi) is 5.00. The van der Waals surface area contributed by atoms with Crippen molar-refractivity contribution in [1.29, 1.82) is 0 Å². The predicted octanol–water partition coefficient (Wildman–Crippen LogP) is 3.54. The van der Waals surface area contributed by atoms with Gasteiger partial charge in [-0.25, -0.2) is 9.97 Å². The van der Waals surface area contributed by atoms with Crippen molar-refractivity contribution in [2.75, 3.05) is 17.2 Å². The van der Waals surface area contributed by atoms with Crippen LogP contribution in [0.15, 0.2) is 12.4 Å². The molecule has 2 rings (SSSR count). The fourth-order valence-electron chi connectivity index (χ4n) is 2.76. The smallest absolute Gasteiger partial charge is 0.131 e. The van der Waals surface area contributed by atoms with Crippen LogP contribution in [0.25, 0.3) is 0 Å². The Morgan fingerprint density at radius 2 is 2.00 bits per heavy atom. The summed E-state index contributed by atoms with van der Waals surface area (Å²) in [6.07, 6.45) is 6.65. The van der Waals surface area contributed by atoms with E-state index in [1.807, 2.05) is 6.07 Å². The molecule has 4 heteroatoms. The largest absolute Gasteiger partial charge is 0.370 e. The molecular formula is C15H26N4. The maximum absolute atomic E-state index is 4.34. The van der Waals surface area contributed by atoms with Crippen molar-refractivity contribution >= 4 is 11.6 Å². The second-order valence-corrected chi connectivity index (χ2v) is 5.73. The predicted molar refractivity (Wildman–Crippen MR) is 80.4 cm³/mol. The number of hydrogen-bond acceptors (Lipinski definition) is 4. The van der Waals surface area contributed by atoms with Crippen molar-refractivity contribution in [1.82, 2.24) is 9.97 Å². The Morgan fingerprint density at radius 3 is 2.79 bits per heavy atom. The van der Waals surface area contributed by atoms with Crippen LogP contribution in [0.2, 0.25) is 0 Å². The summed E-state index contributed by atoms with van der Waals surface area (Å²) in [5, 5.41) is 6.89. The maximum Gasteiger partial charge on any atom is 0.131 e. The van der Waals surface area contributed by atoms with Crippen LogP contribution in [0.1, 0.15) is 46.5 Å². The number of nitrogens with zero attached hydrogens (tertiary/aromatic N) is 2. The van der Waals surface area contributed by atoms with Crippen LogP contribution in [0.5, 0.6) is 0 Å². The first-order valence-corrected chi connectivity index (χ1v) is 7.53. The fourth-order valence-corrected chi connectivity index (χ4v) is 2.76. The molecule has 4 nitrogen and oxygen atoms in total. The zero-order valence-electron chi connectivity index (χ0n) is 12.3.